The molecular formula is C19H15F3N4O3. The minimum Gasteiger partial charge on any atom is -0.434 e. The maximum Gasteiger partial charge on any atom is 0.416 e. The van der Waals surface area contributed by atoms with E-state index in [9.17, 15) is 23.3 Å². The molecule has 3 aromatic rings. The lowest BCUT2D eigenvalue weighted by atomic mass is 10.1. The number of hydrogen-bond donors (Lipinski definition) is 1. The Hall–Kier alpha value is -3.69. The average molecular weight is 404 g/mol. The minimum absolute atomic E-state index is 0.0150. The van der Waals surface area contributed by atoms with Crippen LogP contribution < -0.4 is 10.1 Å². The lowest BCUT2D eigenvalue weighted by Crippen LogP contribution is -2.06. The number of benzene rings is 2. The Morgan fingerprint density at radius 1 is 1.07 bits per heavy atom. The molecule has 0 unspecified atom stereocenters. The van der Waals surface area contributed by atoms with Crippen LogP contribution in [0.3, 0.4) is 0 Å². The van der Waals surface area contributed by atoms with Crippen molar-refractivity contribution >= 4 is 17.2 Å². The molecule has 0 saturated heterocycles. The fourth-order valence-corrected chi connectivity index (χ4v) is 2.49. The molecule has 3 rings (SSSR count). The molecule has 1 N–H and O–H groups in total. The Bertz CT molecular complexity index is 1070. The lowest BCUT2D eigenvalue weighted by Gasteiger charge is -2.12. The first-order valence-electron chi connectivity index (χ1n) is 8.34. The van der Waals surface area contributed by atoms with E-state index in [0.717, 1.165) is 29.6 Å². The molecule has 0 fully saturated rings. The fraction of sp³-hybridized carbons (Fsp3) is 0.158. The predicted molar refractivity (Wildman–Crippen MR) is 99.4 cm³/mol. The van der Waals surface area contributed by atoms with Crippen molar-refractivity contribution in [1.29, 1.82) is 0 Å². The summed E-state index contributed by atoms with van der Waals surface area (Å²) in [6.07, 6.45) is -3.52. The van der Waals surface area contributed by atoms with Gasteiger partial charge in [-0.15, -0.1) is 0 Å². The largest absolute Gasteiger partial charge is 0.434 e. The van der Waals surface area contributed by atoms with Gasteiger partial charge in [0, 0.05) is 5.69 Å². The second kappa shape index (κ2) is 7.74. The van der Waals surface area contributed by atoms with Gasteiger partial charge in [0.2, 0.25) is 5.82 Å². The van der Waals surface area contributed by atoms with E-state index in [0.29, 0.717) is 5.75 Å². The second-order valence-corrected chi connectivity index (χ2v) is 6.18. The Kier molecular flexibility index (Phi) is 5.35. The maximum absolute atomic E-state index is 12.9. The minimum atomic E-state index is -4.55. The molecule has 0 amide bonds. The smallest absolute Gasteiger partial charge is 0.416 e. The van der Waals surface area contributed by atoms with Gasteiger partial charge in [0.25, 0.3) is 0 Å². The van der Waals surface area contributed by atoms with Gasteiger partial charge in [-0.3, -0.25) is 10.1 Å². The van der Waals surface area contributed by atoms with E-state index in [-0.39, 0.29) is 17.4 Å². The Morgan fingerprint density at radius 2 is 1.83 bits per heavy atom. The molecule has 0 radical (unpaired) electrons. The predicted octanol–water partition coefficient (Wildman–Crippen LogP) is 5.56. The molecule has 0 saturated carbocycles. The van der Waals surface area contributed by atoms with Gasteiger partial charge >= 0.3 is 17.7 Å². The van der Waals surface area contributed by atoms with Crippen molar-refractivity contribution in [3.63, 3.8) is 0 Å². The van der Waals surface area contributed by atoms with Gasteiger partial charge in [0.1, 0.15) is 12.1 Å². The van der Waals surface area contributed by atoms with E-state index >= 15 is 0 Å². The van der Waals surface area contributed by atoms with E-state index < -0.39 is 22.4 Å². The third kappa shape index (κ3) is 4.60. The van der Waals surface area contributed by atoms with Crippen molar-refractivity contribution < 1.29 is 22.8 Å². The monoisotopic (exact) mass is 404 g/mol. The van der Waals surface area contributed by atoms with Gasteiger partial charge in [-0.2, -0.15) is 18.2 Å². The van der Waals surface area contributed by atoms with Gasteiger partial charge in [-0.25, -0.2) is 4.98 Å². The third-order valence-electron chi connectivity index (χ3n) is 4.12. The number of alkyl halides is 3. The first-order chi connectivity index (χ1) is 13.6. The van der Waals surface area contributed by atoms with Crippen molar-refractivity contribution in [2.24, 2.45) is 0 Å². The Morgan fingerprint density at radius 3 is 2.48 bits per heavy atom. The summed E-state index contributed by atoms with van der Waals surface area (Å²) in [4.78, 5) is 18.4. The summed E-state index contributed by atoms with van der Waals surface area (Å²) in [5.74, 6) is -0.286. The SMILES string of the molecule is Cc1ccc(Oc2ncnc(Nc3cccc(C(F)(F)F)c3)c2[N+](=O)[O-])cc1C. The molecule has 0 spiro atoms. The molecular weight excluding hydrogens is 389 g/mol. The number of aryl methyl sites for hydroxylation is 2. The van der Waals surface area contributed by atoms with Crippen LogP contribution in [-0.2, 0) is 6.18 Å². The molecule has 0 atom stereocenters. The Balaban J connectivity index is 1.97. The van der Waals surface area contributed by atoms with Crippen LogP contribution in [0.5, 0.6) is 11.6 Å². The Labute approximate surface area is 163 Å². The quantitative estimate of drug-likeness (QED) is 0.443. The first-order valence-corrected chi connectivity index (χ1v) is 8.34. The highest BCUT2D eigenvalue weighted by Crippen LogP contribution is 2.37. The van der Waals surface area contributed by atoms with Crippen molar-refractivity contribution in [2.75, 3.05) is 5.32 Å². The molecule has 7 nitrogen and oxygen atoms in total. The summed E-state index contributed by atoms with van der Waals surface area (Å²) in [6.45, 7) is 3.76. The van der Waals surface area contributed by atoms with Crippen LogP contribution in [0.4, 0.5) is 30.4 Å². The summed E-state index contributed by atoms with van der Waals surface area (Å²) in [5, 5.41) is 14.1. The molecule has 10 heteroatoms. The fourth-order valence-electron chi connectivity index (χ4n) is 2.49. The highest BCUT2D eigenvalue weighted by Gasteiger charge is 2.31. The molecule has 1 heterocycles. The molecule has 0 aliphatic heterocycles. The number of anilines is 2. The summed E-state index contributed by atoms with van der Waals surface area (Å²) in [5.41, 5.74) is 0.427. The molecule has 2 aromatic carbocycles. The van der Waals surface area contributed by atoms with Gasteiger partial charge < -0.3 is 10.1 Å². The lowest BCUT2D eigenvalue weighted by molar-refractivity contribution is -0.385. The second-order valence-electron chi connectivity index (χ2n) is 6.18. The van der Waals surface area contributed by atoms with Crippen LogP contribution in [0.1, 0.15) is 16.7 Å². The van der Waals surface area contributed by atoms with E-state index in [1.165, 1.54) is 12.1 Å². The van der Waals surface area contributed by atoms with Crippen LogP contribution in [-0.4, -0.2) is 14.9 Å². The topological polar surface area (TPSA) is 90.2 Å². The normalized spacial score (nSPS) is 11.2. The van der Waals surface area contributed by atoms with Crippen LogP contribution in [0.15, 0.2) is 48.8 Å². The number of hydrogen-bond acceptors (Lipinski definition) is 6. The number of halogens is 3. The zero-order chi connectivity index (χ0) is 21.2. The summed E-state index contributed by atoms with van der Waals surface area (Å²) in [7, 11) is 0. The number of nitro groups is 1. The zero-order valence-electron chi connectivity index (χ0n) is 15.3. The molecule has 150 valence electrons. The van der Waals surface area contributed by atoms with E-state index in [1.54, 1.807) is 18.2 Å². The van der Waals surface area contributed by atoms with Crippen LogP contribution >= 0.6 is 0 Å². The summed E-state index contributed by atoms with van der Waals surface area (Å²) < 4.78 is 44.2. The van der Waals surface area contributed by atoms with Crippen molar-refractivity contribution in [1.82, 2.24) is 9.97 Å². The van der Waals surface area contributed by atoms with Crippen molar-refractivity contribution in [2.45, 2.75) is 20.0 Å². The zero-order valence-corrected chi connectivity index (χ0v) is 15.3. The highest BCUT2D eigenvalue weighted by atomic mass is 19.4. The standard InChI is InChI=1S/C19H15F3N4O3/c1-11-6-7-15(8-12(11)2)29-18-16(26(27)28)17(23-10-24-18)25-14-5-3-4-13(9-14)19(20,21)22/h3-10H,1-2H3,(H,23,24,25). The molecule has 0 bridgehead atoms. The summed E-state index contributed by atoms with van der Waals surface area (Å²) >= 11 is 0. The van der Waals surface area contributed by atoms with Gasteiger partial charge in [0.05, 0.1) is 10.5 Å². The van der Waals surface area contributed by atoms with E-state index in [4.69, 9.17) is 4.74 Å². The number of rotatable bonds is 5. The average Bonchev–Trinajstić information content (AvgIpc) is 2.64. The number of ether oxygens (including phenoxy) is 1. The van der Waals surface area contributed by atoms with Crippen LogP contribution in [0.2, 0.25) is 0 Å². The van der Waals surface area contributed by atoms with E-state index in [2.05, 4.69) is 15.3 Å². The molecule has 1 aromatic heterocycles. The number of nitrogens with one attached hydrogen (secondary N) is 1. The van der Waals surface area contributed by atoms with Gasteiger partial charge in [-0.1, -0.05) is 12.1 Å². The van der Waals surface area contributed by atoms with Crippen LogP contribution in [0, 0.1) is 24.0 Å². The van der Waals surface area contributed by atoms with E-state index in [1.807, 2.05) is 13.8 Å². The van der Waals surface area contributed by atoms with Crippen molar-refractivity contribution in [3.8, 4) is 11.6 Å². The number of nitrogens with zero attached hydrogens (tertiary/aromatic N) is 3. The number of aromatic nitrogens is 2. The third-order valence-corrected chi connectivity index (χ3v) is 4.12. The van der Waals surface area contributed by atoms with Crippen molar-refractivity contribution in [3.05, 3.63) is 75.6 Å². The molecule has 0 aliphatic rings. The van der Waals surface area contributed by atoms with Crippen LogP contribution in [0.25, 0.3) is 0 Å². The van der Waals surface area contributed by atoms with Gasteiger partial charge in [-0.05, 0) is 55.3 Å². The highest BCUT2D eigenvalue weighted by molar-refractivity contribution is 5.69. The summed E-state index contributed by atoms with van der Waals surface area (Å²) in [6, 6.07) is 9.37. The molecule has 29 heavy (non-hydrogen) atoms. The first kappa shape index (κ1) is 20.1. The van der Waals surface area contributed by atoms with Gasteiger partial charge in [0.15, 0.2) is 0 Å². The maximum atomic E-state index is 12.9. The molecule has 0 aliphatic carbocycles.